The van der Waals surface area contributed by atoms with E-state index in [2.05, 4.69) is 30.9 Å². The molecule has 0 fully saturated rings. The molecule has 17 heavy (non-hydrogen) atoms. The van der Waals surface area contributed by atoms with Crippen molar-refractivity contribution in [2.75, 3.05) is 6.54 Å². The van der Waals surface area contributed by atoms with Crippen LogP contribution >= 0.6 is 0 Å². The first-order chi connectivity index (χ1) is 8.20. The predicted octanol–water partition coefficient (Wildman–Crippen LogP) is 3.78. The van der Waals surface area contributed by atoms with Gasteiger partial charge in [0, 0.05) is 6.54 Å². The number of unbranched alkanes of at least 4 members (excludes halogenated alkanes) is 3. The molecule has 0 aliphatic carbocycles. The van der Waals surface area contributed by atoms with E-state index in [4.69, 9.17) is 5.84 Å². The highest BCUT2D eigenvalue weighted by atomic mass is 15.1. The van der Waals surface area contributed by atoms with Crippen molar-refractivity contribution < 1.29 is 0 Å². The van der Waals surface area contributed by atoms with E-state index in [0.717, 1.165) is 31.0 Å². The summed E-state index contributed by atoms with van der Waals surface area (Å²) in [5.74, 6) is 5.98. The molecular formula is C14H29N3. The summed E-state index contributed by atoms with van der Waals surface area (Å²) >= 11 is 0. The lowest BCUT2D eigenvalue weighted by Crippen LogP contribution is -2.03. The molecule has 3 nitrogen and oxygen atoms in total. The van der Waals surface area contributed by atoms with Crippen molar-refractivity contribution in [1.82, 2.24) is 0 Å². The first kappa shape index (κ1) is 16.1. The van der Waals surface area contributed by atoms with Gasteiger partial charge in [-0.15, -0.1) is 0 Å². The van der Waals surface area contributed by atoms with Gasteiger partial charge in [-0.05, 0) is 18.8 Å². The van der Waals surface area contributed by atoms with Gasteiger partial charge in [0.05, 0.1) is 11.9 Å². The Kier molecular flexibility index (Phi) is 11.0. The van der Waals surface area contributed by atoms with Crippen LogP contribution in [0.15, 0.2) is 10.1 Å². The maximum atomic E-state index is 5.15. The van der Waals surface area contributed by atoms with Gasteiger partial charge in [-0.2, -0.15) is 5.10 Å². The summed E-state index contributed by atoms with van der Waals surface area (Å²) in [4.78, 5) is 4.52. The number of rotatable bonds is 10. The number of hydrazone groups is 1. The van der Waals surface area contributed by atoms with Gasteiger partial charge in [0.25, 0.3) is 0 Å². The Morgan fingerprint density at radius 1 is 1.18 bits per heavy atom. The van der Waals surface area contributed by atoms with Gasteiger partial charge >= 0.3 is 0 Å². The van der Waals surface area contributed by atoms with Crippen LogP contribution in [0, 0.1) is 5.92 Å². The van der Waals surface area contributed by atoms with E-state index in [1.165, 1.54) is 32.1 Å². The van der Waals surface area contributed by atoms with Crippen molar-refractivity contribution in [2.24, 2.45) is 21.9 Å². The van der Waals surface area contributed by atoms with E-state index in [1.54, 1.807) is 6.21 Å². The molecule has 0 saturated heterocycles. The number of nitrogens with two attached hydrogens (primary N) is 1. The van der Waals surface area contributed by atoms with Crippen molar-refractivity contribution >= 4 is 11.9 Å². The molecule has 2 N–H and O–H groups in total. The molecule has 0 heterocycles. The standard InChI is InChI=1S/C14H29N3/c1-4-9-14(12-17-15)16-11-8-6-5-7-10-13(2)3/h12-13H,4-11,15H2,1-3H3. The average Bonchev–Trinajstić information content (AvgIpc) is 2.28. The monoisotopic (exact) mass is 239 g/mol. The van der Waals surface area contributed by atoms with Crippen LogP contribution in [-0.4, -0.2) is 18.5 Å². The molecule has 0 aromatic rings. The molecule has 100 valence electrons. The zero-order valence-corrected chi connectivity index (χ0v) is 11.8. The van der Waals surface area contributed by atoms with Gasteiger partial charge in [-0.25, -0.2) is 0 Å². The normalized spacial score (nSPS) is 12.8. The molecule has 0 amide bonds. The summed E-state index contributed by atoms with van der Waals surface area (Å²) in [5.41, 5.74) is 1.04. The molecule has 0 aliphatic heterocycles. The highest BCUT2D eigenvalue weighted by molar-refractivity contribution is 6.30. The van der Waals surface area contributed by atoms with Crippen molar-refractivity contribution in [3.05, 3.63) is 0 Å². The number of aliphatic imine (C=N–C) groups is 1. The fraction of sp³-hybridized carbons (Fsp3) is 0.857. The lowest BCUT2D eigenvalue weighted by molar-refractivity contribution is 0.521. The average molecular weight is 239 g/mol. The summed E-state index contributed by atoms with van der Waals surface area (Å²) in [6.45, 7) is 7.63. The van der Waals surface area contributed by atoms with Crippen LogP contribution in [0.2, 0.25) is 0 Å². The van der Waals surface area contributed by atoms with Gasteiger partial charge in [0.1, 0.15) is 0 Å². The molecule has 0 radical (unpaired) electrons. The molecule has 0 rings (SSSR count). The molecular weight excluding hydrogens is 210 g/mol. The minimum Gasteiger partial charge on any atom is -0.323 e. The van der Waals surface area contributed by atoms with Gasteiger partial charge in [0.2, 0.25) is 0 Å². The second kappa shape index (κ2) is 11.6. The third kappa shape index (κ3) is 11.4. The molecule has 0 atom stereocenters. The molecule has 0 aromatic heterocycles. The fourth-order valence-electron chi connectivity index (χ4n) is 1.77. The molecule has 0 saturated carbocycles. The SMILES string of the molecule is CCCC(C=NN)=NCCCCCCC(C)C. The van der Waals surface area contributed by atoms with Gasteiger partial charge < -0.3 is 5.84 Å². The Morgan fingerprint density at radius 2 is 1.88 bits per heavy atom. The van der Waals surface area contributed by atoms with Crippen LogP contribution in [0.1, 0.15) is 65.7 Å². The largest absolute Gasteiger partial charge is 0.323 e. The zero-order chi connectivity index (χ0) is 12.9. The van der Waals surface area contributed by atoms with Crippen molar-refractivity contribution in [3.63, 3.8) is 0 Å². The Bertz CT molecular complexity index is 220. The van der Waals surface area contributed by atoms with Crippen molar-refractivity contribution in [1.29, 1.82) is 0 Å². The number of hydrogen-bond donors (Lipinski definition) is 1. The van der Waals surface area contributed by atoms with Crippen LogP contribution in [0.3, 0.4) is 0 Å². The summed E-state index contributed by atoms with van der Waals surface area (Å²) in [7, 11) is 0. The summed E-state index contributed by atoms with van der Waals surface area (Å²) < 4.78 is 0. The lowest BCUT2D eigenvalue weighted by atomic mass is 10.0. The van der Waals surface area contributed by atoms with E-state index >= 15 is 0 Å². The molecule has 0 aromatic carbocycles. The van der Waals surface area contributed by atoms with E-state index in [1.807, 2.05) is 0 Å². The van der Waals surface area contributed by atoms with Crippen LogP contribution in [0.25, 0.3) is 0 Å². The van der Waals surface area contributed by atoms with Gasteiger partial charge in [0.15, 0.2) is 0 Å². The Morgan fingerprint density at radius 3 is 2.47 bits per heavy atom. The van der Waals surface area contributed by atoms with Crippen molar-refractivity contribution in [2.45, 2.75) is 65.7 Å². The first-order valence-electron chi connectivity index (χ1n) is 6.97. The topological polar surface area (TPSA) is 50.7 Å². The van der Waals surface area contributed by atoms with Gasteiger partial charge in [-0.1, -0.05) is 52.9 Å². The maximum absolute atomic E-state index is 5.15. The Hall–Kier alpha value is -0.860. The summed E-state index contributed by atoms with van der Waals surface area (Å²) in [6.07, 6.45) is 10.3. The third-order valence-electron chi connectivity index (χ3n) is 2.73. The van der Waals surface area contributed by atoms with E-state index in [-0.39, 0.29) is 0 Å². The minimum absolute atomic E-state index is 0.838. The number of nitrogens with zero attached hydrogens (tertiary/aromatic N) is 2. The maximum Gasteiger partial charge on any atom is 0.0676 e. The Labute approximate surface area is 107 Å². The lowest BCUT2D eigenvalue weighted by Gasteiger charge is -2.03. The fourth-order valence-corrected chi connectivity index (χ4v) is 1.77. The summed E-state index contributed by atoms with van der Waals surface area (Å²) in [5, 5.41) is 3.55. The molecule has 0 unspecified atom stereocenters. The number of hydrogen-bond acceptors (Lipinski definition) is 3. The van der Waals surface area contributed by atoms with Crippen molar-refractivity contribution in [3.8, 4) is 0 Å². The minimum atomic E-state index is 0.838. The highest BCUT2D eigenvalue weighted by Gasteiger charge is 1.95. The summed E-state index contributed by atoms with van der Waals surface area (Å²) in [6, 6.07) is 0. The smallest absolute Gasteiger partial charge is 0.0676 e. The Balaban J connectivity index is 3.55. The quantitative estimate of drug-likeness (QED) is 0.268. The molecule has 0 aliphatic rings. The third-order valence-corrected chi connectivity index (χ3v) is 2.73. The van der Waals surface area contributed by atoms with Crippen LogP contribution < -0.4 is 5.84 Å². The van der Waals surface area contributed by atoms with E-state index in [9.17, 15) is 0 Å². The van der Waals surface area contributed by atoms with E-state index < -0.39 is 0 Å². The predicted molar refractivity (Wildman–Crippen MR) is 77.8 cm³/mol. The van der Waals surface area contributed by atoms with Gasteiger partial charge in [-0.3, -0.25) is 4.99 Å². The molecule has 0 bridgehead atoms. The van der Waals surface area contributed by atoms with Crippen LogP contribution in [0.4, 0.5) is 0 Å². The highest BCUT2D eigenvalue weighted by Crippen LogP contribution is 2.09. The zero-order valence-electron chi connectivity index (χ0n) is 11.8. The first-order valence-corrected chi connectivity index (χ1v) is 6.97. The second-order valence-corrected chi connectivity index (χ2v) is 5.00. The molecule has 0 spiro atoms. The molecule has 3 heteroatoms. The van der Waals surface area contributed by atoms with Crippen LogP contribution in [0.5, 0.6) is 0 Å². The van der Waals surface area contributed by atoms with E-state index in [0.29, 0.717) is 0 Å². The second-order valence-electron chi connectivity index (χ2n) is 5.00. The van der Waals surface area contributed by atoms with Crippen LogP contribution in [-0.2, 0) is 0 Å².